The highest BCUT2D eigenvalue weighted by atomic mass is 16.7. The first-order chi connectivity index (χ1) is 11.1. The Hall–Kier alpha value is -1.72. The molecule has 0 N–H and O–H groups in total. The first-order valence-corrected chi connectivity index (χ1v) is 8.36. The van der Waals surface area contributed by atoms with Gasteiger partial charge in [0.2, 0.25) is 11.8 Å². The molecular weight excluding hydrogens is 294 g/mol. The van der Waals surface area contributed by atoms with Gasteiger partial charge in [-0.2, -0.15) is 0 Å². The van der Waals surface area contributed by atoms with Gasteiger partial charge < -0.3 is 9.47 Å². The largest absolute Gasteiger partial charge is 0.347 e. The minimum atomic E-state index is -0.644. The molecule has 2 heterocycles. The van der Waals surface area contributed by atoms with E-state index in [1.54, 1.807) is 0 Å². The summed E-state index contributed by atoms with van der Waals surface area (Å²) in [6.45, 7) is 3.26. The number of fused-ring (bicyclic) bond motifs is 6. The molecule has 0 radical (unpaired) electrons. The van der Waals surface area contributed by atoms with Gasteiger partial charge in [-0.25, -0.2) is 0 Å². The van der Waals surface area contributed by atoms with Gasteiger partial charge in [-0.1, -0.05) is 25.1 Å². The molecule has 5 rings (SSSR count). The second kappa shape index (κ2) is 4.42. The van der Waals surface area contributed by atoms with Crippen LogP contribution in [0, 0.1) is 29.6 Å². The van der Waals surface area contributed by atoms with Crippen LogP contribution in [-0.4, -0.2) is 30.8 Å². The maximum Gasteiger partial charge on any atom is 0.238 e. The predicted molar refractivity (Wildman–Crippen MR) is 81.3 cm³/mol. The molecule has 0 unspecified atom stereocenters. The van der Waals surface area contributed by atoms with Crippen molar-refractivity contribution in [2.45, 2.75) is 19.1 Å². The summed E-state index contributed by atoms with van der Waals surface area (Å²) in [7, 11) is 0. The lowest BCUT2D eigenvalue weighted by Crippen LogP contribution is -2.50. The van der Waals surface area contributed by atoms with Crippen molar-refractivity contribution in [3.63, 3.8) is 0 Å². The zero-order chi connectivity index (χ0) is 15.8. The molecule has 5 nitrogen and oxygen atoms in total. The third-order valence-corrected chi connectivity index (χ3v) is 6.37. The van der Waals surface area contributed by atoms with Crippen LogP contribution in [0.25, 0.3) is 0 Å². The van der Waals surface area contributed by atoms with Crippen molar-refractivity contribution in [3.8, 4) is 0 Å². The number of imide groups is 1. The second-order valence-electron chi connectivity index (χ2n) is 7.11. The summed E-state index contributed by atoms with van der Waals surface area (Å²) in [6.07, 6.45) is 0.858. The van der Waals surface area contributed by atoms with E-state index in [4.69, 9.17) is 9.47 Å². The fourth-order valence-corrected chi connectivity index (χ4v) is 5.49. The molecule has 2 aliphatic carbocycles. The average Bonchev–Trinajstić information content (AvgIpc) is 3.29. The minimum absolute atomic E-state index is 0.000150. The number of hydrogen-bond acceptors (Lipinski definition) is 4. The number of ether oxygens (including phenoxy) is 2. The van der Waals surface area contributed by atoms with Crippen molar-refractivity contribution >= 4 is 17.5 Å². The van der Waals surface area contributed by atoms with Crippen LogP contribution in [0.3, 0.4) is 0 Å². The molecule has 2 aliphatic heterocycles. The Morgan fingerprint density at radius 1 is 1.04 bits per heavy atom. The van der Waals surface area contributed by atoms with Gasteiger partial charge in [0, 0.05) is 11.8 Å². The lowest BCUT2D eigenvalue weighted by atomic mass is 9.72. The molecule has 23 heavy (non-hydrogen) atoms. The van der Waals surface area contributed by atoms with E-state index < -0.39 is 5.79 Å². The Kier molecular flexibility index (Phi) is 2.63. The highest BCUT2D eigenvalue weighted by Gasteiger charge is 2.73. The number of anilines is 1. The van der Waals surface area contributed by atoms with Gasteiger partial charge in [0.15, 0.2) is 5.79 Å². The smallest absolute Gasteiger partial charge is 0.238 e. The first kappa shape index (κ1) is 13.7. The number of para-hydroxylation sites is 1. The molecule has 2 amide bonds. The Morgan fingerprint density at radius 3 is 2.39 bits per heavy atom. The lowest BCUT2D eigenvalue weighted by molar-refractivity contribution is -0.232. The van der Waals surface area contributed by atoms with Crippen LogP contribution in [0.4, 0.5) is 5.69 Å². The molecular formula is C18H19NO4. The average molecular weight is 313 g/mol. The number of hydrogen-bond donors (Lipinski definition) is 0. The molecule has 120 valence electrons. The number of amides is 2. The van der Waals surface area contributed by atoms with Crippen LogP contribution < -0.4 is 4.90 Å². The molecule has 5 atom stereocenters. The fraction of sp³-hybridized carbons (Fsp3) is 0.556. The molecule has 1 aromatic carbocycles. The highest BCUT2D eigenvalue weighted by molar-refractivity contribution is 6.22. The van der Waals surface area contributed by atoms with Crippen LogP contribution in [0.5, 0.6) is 0 Å². The van der Waals surface area contributed by atoms with Gasteiger partial charge in [-0.05, 0) is 24.5 Å². The minimum Gasteiger partial charge on any atom is -0.347 e. The van der Waals surface area contributed by atoms with Crippen LogP contribution >= 0.6 is 0 Å². The third-order valence-electron chi connectivity index (χ3n) is 6.37. The van der Waals surface area contributed by atoms with Crippen molar-refractivity contribution in [1.82, 2.24) is 0 Å². The van der Waals surface area contributed by atoms with Gasteiger partial charge in [-0.15, -0.1) is 0 Å². The first-order valence-electron chi connectivity index (χ1n) is 8.36. The summed E-state index contributed by atoms with van der Waals surface area (Å²) in [6, 6.07) is 9.23. The van der Waals surface area contributed by atoms with Crippen LogP contribution in [-0.2, 0) is 19.1 Å². The Morgan fingerprint density at radius 2 is 1.70 bits per heavy atom. The molecule has 2 bridgehead atoms. The number of benzene rings is 1. The van der Waals surface area contributed by atoms with Gasteiger partial charge in [0.1, 0.15) is 0 Å². The van der Waals surface area contributed by atoms with E-state index in [1.807, 2.05) is 30.3 Å². The van der Waals surface area contributed by atoms with E-state index >= 15 is 0 Å². The van der Waals surface area contributed by atoms with E-state index in [2.05, 4.69) is 6.92 Å². The van der Waals surface area contributed by atoms with Crippen molar-refractivity contribution < 1.29 is 19.1 Å². The summed E-state index contributed by atoms with van der Waals surface area (Å²) in [5, 5.41) is 0. The molecule has 1 aromatic rings. The summed E-state index contributed by atoms with van der Waals surface area (Å²) in [5.41, 5.74) is 0.672. The molecule has 0 aromatic heterocycles. The van der Waals surface area contributed by atoms with Crippen LogP contribution in [0.15, 0.2) is 30.3 Å². The normalized spacial score (nSPS) is 40.4. The van der Waals surface area contributed by atoms with Gasteiger partial charge >= 0.3 is 0 Å². The number of carbonyl (C=O) groups excluding carboxylic acids is 2. The summed E-state index contributed by atoms with van der Waals surface area (Å²) >= 11 is 0. The third kappa shape index (κ3) is 1.50. The molecule has 5 heteroatoms. The van der Waals surface area contributed by atoms with Crippen molar-refractivity contribution in [2.75, 3.05) is 18.1 Å². The van der Waals surface area contributed by atoms with E-state index in [0.29, 0.717) is 18.9 Å². The maximum absolute atomic E-state index is 13.0. The van der Waals surface area contributed by atoms with Gasteiger partial charge in [0.25, 0.3) is 0 Å². The fourth-order valence-electron chi connectivity index (χ4n) is 5.49. The summed E-state index contributed by atoms with van der Waals surface area (Å²) < 4.78 is 12.0. The molecule has 1 spiro atoms. The monoisotopic (exact) mass is 313 g/mol. The summed E-state index contributed by atoms with van der Waals surface area (Å²) in [5.74, 6) is -0.933. The second-order valence-corrected chi connectivity index (χ2v) is 7.11. The predicted octanol–water partition coefficient (Wildman–Crippen LogP) is 1.82. The van der Waals surface area contributed by atoms with Gasteiger partial charge in [0.05, 0.1) is 30.7 Å². The van der Waals surface area contributed by atoms with Crippen molar-refractivity contribution in [1.29, 1.82) is 0 Å². The van der Waals surface area contributed by atoms with Crippen LogP contribution in [0.2, 0.25) is 0 Å². The highest BCUT2D eigenvalue weighted by Crippen LogP contribution is 2.65. The zero-order valence-corrected chi connectivity index (χ0v) is 13.0. The number of nitrogens with zero attached hydrogens (tertiary/aromatic N) is 1. The lowest BCUT2D eigenvalue weighted by Gasteiger charge is -2.40. The van der Waals surface area contributed by atoms with Crippen molar-refractivity contribution in [2.24, 2.45) is 29.6 Å². The number of rotatable bonds is 1. The Labute approximate surface area is 134 Å². The topological polar surface area (TPSA) is 55.8 Å². The quantitative estimate of drug-likeness (QED) is 0.742. The zero-order valence-electron chi connectivity index (χ0n) is 13.0. The Bertz CT molecular complexity index is 682. The Balaban J connectivity index is 1.56. The van der Waals surface area contributed by atoms with E-state index in [9.17, 15) is 9.59 Å². The molecule has 4 aliphatic rings. The number of carbonyl (C=O) groups is 2. The van der Waals surface area contributed by atoms with Crippen molar-refractivity contribution in [3.05, 3.63) is 30.3 Å². The van der Waals surface area contributed by atoms with Gasteiger partial charge in [-0.3, -0.25) is 14.5 Å². The molecule has 2 saturated carbocycles. The SMILES string of the molecule is C[C@@H]1[C@H]2C[C@H]([C@H]3C(=O)N(c4ccccc4)C(=O)[C@@H]23)C12OCCO2. The molecule has 2 saturated heterocycles. The standard InChI is InChI=1S/C18H19NO4/c1-10-12-9-13(18(10)22-7-8-23-18)15-14(12)16(20)19(17(15)21)11-5-3-2-4-6-11/h2-6,10,12-15H,7-9H2,1H3/t10-,12-,13-,14+,15-/m1/s1. The summed E-state index contributed by atoms with van der Waals surface area (Å²) in [4.78, 5) is 27.4. The van der Waals surface area contributed by atoms with E-state index in [0.717, 1.165) is 6.42 Å². The molecule has 4 fully saturated rings. The van der Waals surface area contributed by atoms with Crippen LogP contribution in [0.1, 0.15) is 13.3 Å². The maximum atomic E-state index is 13.0. The van der Waals surface area contributed by atoms with E-state index in [1.165, 1.54) is 4.90 Å². The van der Waals surface area contributed by atoms with E-state index in [-0.39, 0.29) is 41.4 Å².